The predicted molar refractivity (Wildman–Crippen MR) is 83.7 cm³/mol. The molecular formula is C15H17N3O6. The Morgan fingerprint density at radius 1 is 1.25 bits per heavy atom. The van der Waals surface area contributed by atoms with Crippen LogP contribution in [0, 0.1) is 0 Å². The maximum atomic E-state index is 12.8. The Labute approximate surface area is 136 Å². The van der Waals surface area contributed by atoms with Crippen LogP contribution in [0.25, 0.3) is 10.8 Å². The molecule has 1 aromatic carbocycles. The van der Waals surface area contributed by atoms with E-state index >= 15 is 0 Å². The summed E-state index contributed by atoms with van der Waals surface area (Å²) in [6.45, 7) is -0.0748. The van der Waals surface area contributed by atoms with Gasteiger partial charge in [0.1, 0.15) is 6.04 Å². The van der Waals surface area contributed by atoms with Crippen molar-refractivity contribution in [3.05, 3.63) is 40.3 Å². The van der Waals surface area contributed by atoms with Crippen LogP contribution in [0.4, 0.5) is 0 Å². The number of carbonyl (C=O) groups excluding carboxylic acids is 1. The van der Waals surface area contributed by atoms with Crippen molar-refractivity contribution in [1.82, 2.24) is 14.7 Å². The molecule has 2 heterocycles. The fraction of sp³-hybridized carbons (Fsp3) is 0.333. The molecule has 9 nitrogen and oxygen atoms in total. The molecule has 1 amide bonds. The van der Waals surface area contributed by atoms with Crippen LogP contribution in [0.5, 0.6) is 0 Å². The third kappa shape index (κ3) is 2.74. The van der Waals surface area contributed by atoms with Crippen LogP contribution in [-0.4, -0.2) is 60.9 Å². The molecule has 2 atom stereocenters. The van der Waals surface area contributed by atoms with Gasteiger partial charge in [0.05, 0.1) is 11.5 Å². The molecule has 1 aromatic heterocycles. The number of likely N-dealkylation sites (tertiary alicyclic amines) is 1. The predicted octanol–water partition coefficient (Wildman–Crippen LogP) is -1.23. The van der Waals surface area contributed by atoms with Gasteiger partial charge in [0.15, 0.2) is 5.69 Å². The number of aliphatic hydroxyl groups excluding tert-OH is 1. The van der Waals surface area contributed by atoms with Crippen molar-refractivity contribution in [1.29, 1.82) is 0 Å². The number of hydrogen-bond acceptors (Lipinski definition) is 5. The summed E-state index contributed by atoms with van der Waals surface area (Å²) in [5, 5.41) is 23.6. The second-order valence-electron chi connectivity index (χ2n) is 5.52. The number of benzene rings is 1. The average molecular weight is 335 g/mol. The standard InChI is InChI=1S/C15H15N3O5.H2O/c1-17-13(20)10-5-3-2-4-9(10)12(16-17)14(21)18-7-8(19)6-11(18)15(22)23;/h2-5,8,11,19H,6-7H2,1H3,(H,22,23);1H2. The number of rotatable bonds is 2. The molecule has 0 radical (unpaired) electrons. The van der Waals surface area contributed by atoms with Crippen molar-refractivity contribution in [2.24, 2.45) is 7.05 Å². The van der Waals surface area contributed by atoms with Crippen LogP contribution in [0.3, 0.4) is 0 Å². The molecule has 24 heavy (non-hydrogen) atoms. The molecule has 2 unspecified atom stereocenters. The van der Waals surface area contributed by atoms with Crippen LogP contribution < -0.4 is 5.56 Å². The largest absolute Gasteiger partial charge is 0.480 e. The monoisotopic (exact) mass is 335 g/mol. The van der Waals surface area contributed by atoms with Crippen molar-refractivity contribution in [2.75, 3.05) is 6.54 Å². The Kier molecular flexibility index (Phi) is 4.67. The molecule has 2 aromatic rings. The molecule has 128 valence electrons. The van der Waals surface area contributed by atoms with Gasteiger partial charge in [-0.3, -0.25) is 9.59 Å². The van der Waals surface area contributed by atoms with Crippen molar-refractivity contribution in [3.63, 3.8) is 0 Å². The normalized spacial score (nSPS) is 20.0. The molecule has 4 N–H and O–H groups in total. The number of carbonyl (C=O) groups is 2. The molecule has 1 aliphatic rings. The summed E-state index contributed by atoms with van der Waals surface area (Å²) in [5.41, 5.74) is -0.337. The van der Waals surface area contributed by atoms with Gasteiger partial charge in [-0.2, -0.15) is 5.10 Å². The van der Waals surface area contributed by atoms with E-state index in [-0.39, 0.29) is 29.7 Å². The smallest absolute Gasteiger partial charge is 0.326 e. The van der Waals surface area contributed by atoms with Crippen molar-refractivity contribution in [3.8, 4) is 0 Å². The number of aryl methyl sites for hydroxylation is 1. The van der Waals surface area contributed by atoms with Crippen LogP contribution in [0.1, 0.15) is 16.9 Å². The Morgan fingerprint density at radius 2 is 1.88 bits per heavy atom. The Hall–Kier alpha value is -2.78. The highest BCUT2D eigenvalue weighted by Crippen LogP contribution is 2.23. The zero-order chi connectivity index (χ0) is 16.7. The highest BCUT2D eigenvalue weighted by molar-refractivity contribution is 6.06. The SMILES string of the molecule is Cn1nc(C(=O)N2CC(O)CC2C(=O)O)c2ccccc2c1=O.O. The zero-order valence-electron chi connectivity index (χ0n) is 12.8. The molecule has 1 aliphatic heterocycles. The van der Waals surface area contributed by atoms with Crippen LogP contribution >= 0.6 is 0 Å². The van der Waals surface area contributed by atoms with Gasteiger partial charge in [0, 0.05) is 25.4 Å². The van der Waals surface area contributed by atoms with Gasteiger partial charge in [0.25, 0.3) is 11.5 Å². The van der Waals surface area contributed by atoms with Gasteiger partial charge in [-0.05, 0) is 6.07 Å². The highest BCUT2D eigenvalue weighted by atomic mass is 16.4. The summed E-state index contributed by atoms with van der Waals surface area (Å²) >= 11 is 0. The molecule has 9 heteroatoms. The number of amides is 1. The topological polar surface area (TPSA) is 144 Å². The minimum Gasteiger partial charge on any atom is -0.480 e. The van der Waals surface area contributed by atoms with Crippen LogP contribution in [0.15, 0.2) is 29.1 Å². The zero-order valence-corrected chi connectivity index (χ0v) is 12.8. The van der Waals surface area contributed by atoms with E-state index in [9.17, 15) is 24.6 Å². The first kappa shape index (κ1) is 17.6. The number of fused-ring (bicyclic) bond motifs is 1. The molecule has 3 rings (SSSR count). The summed E-state index contributed by atoms with van der Waals surface area (Å²) in [5.74, 6) is -1.79. The van der Waals surface area contributed by atoms with E-state index in [1.807, 2.05) is 0 Å². The van der Waals surface area contributed by atoms with Crippen molar-refractivity contribution >= 4 is 22.6 Å². The van der Waals surface area contributed by atoms with Gasteiger partial charge in [-0.1, -0.05) is 18.2 Å². The lowest BCUT2D eigenvalue weighted by Crippen LogP contribution is -2.41. The second-order valence-corrected chi connectivity index (χ2v) is 5.52. The van der Waals surface area contributed by atoms with Gasteiger partial charge in [-0.15, -0.1) is 0 Å². The maximum absolute atomic E-state index is 12.8. The highest BCUT2D eigenvalue weighted by Gasteiger charge is 2.40. The molecule has 1 fully saturated rings. The fourth-order valence-electron chi connectivity index (χ4n) is 2.87. The summed E-state index contributed by atoms with van der Waals surface area (Å²) in [6, 6.07) is 5.43. The van der Waals surface area contributed by atoms with Crippen molar-refractivity contribution < 1.29 is 25.3 Å². The lowest BCUT2D eigenvalue weighted by atomic mass is 10.1. The first-order chi connectivity index (χ1) is 10.9. The number of hydrogen-bond donors (Lipinski definition) is 2. The first-order valence-corrected chi connectivity index (χ1v) is 7.08. The van der Waals surface area contributed by atoms with E-state index in [4.69, 9.17) is 0 Å². The molecular weight excluding hydrogens is 318 g/mol. The van der Waals surface area contributed by atoms with Crippen LogP contribution in [-0.2, 0) is 11.8 Å². The number of nitrogens with zero attached hydrogens (tertiary/aromatic N) is 3. The van der Waals surface area contributed by atoms with Crippen molar-refractivity contribution in [2.45, 2.75) is 18.6 Å². The third-order valence-electron chi connectivity index (χ3n) is 3.98. The number of carboxylic acids is 1. The third-order valence-corrected chi connectivity index (χ3v) is 3.98. The summed E-state index contributed by atoms with van der Waals surface area (Å²) in [6.07, 6.45) is -0.913. The molecule has 0 spiro atoms. The van der Waals surface area contributed by atoms with E-state index < -0.39 is 24.0 Å². The fourth-order valence-corrected chi connectivity index (χ4v) is 2.87. The van der Waals surface area contributed by atoms with Crippen LogP contribution in [0.2, 0.25) is 0 Å². The van der Waals surface area contributed by atoms with E-state index in [0.717, 1.165) is 9.58 Å². The van der Waals surface area contributed by atoms with Gasteiger partial charge >= 0.3 is 5.97 Å². The number of aromatic nitrogens is 2. The number of aliphatic hydroxyl groups is 1. The van der Waals surface area contributed by atoms with E-state index in [1.165, 1.54) is 7.05 Å². The molecule has 1 saturated heterocycles. The second kappa shape index (κ2) is 6.38. The quantitative estimate of drug-likeness (QED) is 0.703. The minimum atomic E-state index is -1.18. The van der Waals surface area contributed by atoms with E-state index in [0.29, 0.717) is 10.8 Å². The van der Waals surface area contributed by atoms with E-state index in [1.54, 1.807) is 24.3 Å². The van der Waals surface area contributed by atoms with Gasteiger partial charge in [0.2, 0.25) is 0 Å². The Balaban J connectivity index is 0.00000208. The lowest BCUT2D eigenvalue weighted by Gasteiger charge is -2.21. The number of β-amino-alcohol motifs (C(OH)–C–C–N with tert-alkyl or cyclic N) is 1. The minimum absolute atomic E-state index is 0. The molecule has 0 bridgehead atoms. The lowest BCUT2D eigenvalue weighted by molar-refractivity contribution is -0.141. The summed E-state index contributed by atoms with van der Waals surface area (Å²) in [7, 11) is 1.43. The summed E-state index contributed by atoms with van der Waals surface area (Å²) in [4.78, 5) is 37.2. The number of carboxylic acid groups (broad SMARTS) is 1. The molecule has 0 saturated carbocycles. The first-order valence-electron chi connectivity index (χ1n) is 7.08. The van der Waals surface area contributed by atoms with Gasteiger partial charge in [-0.25, -0.2) is 9.48 Å². The van der Waals surface area contributed by atoms with E-state index in [2.05, 4.69) is 5.10 Å². The summed E-state index contributed by atoms with van der Waals surface area (Å²) < 4.78 is 1.05. The number of aliphatic carboxylic acids is 1. The maximum Gasteiger partial charge on any atom is 0.326 e. The average Bonchev–Trinajstić information content (AvgIpc) is 2.92. The Morgan fingerprint density at radius 3 is 2.50 bits per heavy atom. The Bertz CT molecular complexity index is 862. The molecule has 0 aliphatic carbocycles. The van der Waals surface area contributed by atoms with Gasteiger partial charge < -0.3 is 20.6 Å².